The fourth-order valence-corrected chi connectivity index (χ4v) is 2.47. The number of aliphatic imine (C=N–C) groups is 1. The van der Waals surface area contributed by atoms with Crippen LogP contribution in [-0.2, 0) is 0 Å². The maximum Gasteiger partial charge on any atom is 0.101 e. The summed E-state index contributed by atoms with van der Waals surface area (Å²) in [6.07, 6.45) is 1.86. The monoisotopic (exact) mass is 270 g/mol. The Bertz CT molecular complexity index is 564. The van der Waals surface area contributed by atoms with Crippen molar-refractivity contribution in [1.82, 2.24) is 4.31 Å². The first-order valence-electron chi connectivity index (χ1n) is 6.22. The van der Waals surface area contributed by atoms with Crippen molar-refractivity contribution in [3.05, 3.63) is 59.7 Å². The molecule has 2 rings (SSSR count). The van der Waals surface area contributed by atoms with Crippen LogP contribution in [0.5, 0.6) is 0 Å². The third kappa shape index (κ3) is 4.14. The van der Waals surface area contributed by atoms with E-state index in [1.165, 1.54) is 16.0 Å². The predicted molar refractivity (Wildman–Crippen MR) is 84.1 cm³/mol. The minimum Gasteiger partial charge on any atom is -0.306 e. The Kier molecular flexibility index (Phi) is 4.63. The molecule has 2 aromatic rings. The number of benzene rings is 2. The second-order valence-corrected chi connectivity index (χ2v) is 5.71. The molecule has 0 spiro atoms. The summed E-state index contributed by atoms with van der Waals surface area (Å²) in [6.45, 7) is 4.18. The Hall–Kier alpha value is -1.74. The zero-order chi connectivity index (χ0) is 13.7. The van der Waals surface area contributed by atoms with Crippen molar-refractivity contribution in [2.24, 2.45) is 4.99 Å². The van der Waals surface area contributed by atoms with Gasteiger partial charge in [-0.3, -0.25) is 0 Å². The van der Waals surface area contributed by atoms with Crippen molar-refractivity contribution in [2.45, 2.75) is 18.7 Å². The van der Waals surface area contributed by atoms with E-state index in [9.17, 15) is 0 Å². The van der Waals surface area contributed by atoms with Gasteiger partial charge in [0.25, 0.3) is 0 Å². The molecule has 0 fully saturated rings. The summed E-state index contributed by atoms with van der Waals surface area (Å²) in [5.74, 6) is 0. The summed E-state index contributed by atoms with van der Waals surface area (Å²) in [6, 6.07) is 16.6. The molecule has 0 saturated carbocycles. The van der Waals surface area contributed by atoms with E-state index in [-0.39, 0.29) is 0 Å². The molecule has 0 N–H and O–H groups in total. The molecule has 0 atom stereocenters. The van der Waals surface area contributed by atoms with E-state index >= 15 is 0 Å². The van der Waals surface area contributed by atoms with Crippen LogP contribution in [0.15, 0.2) is 58.4 Å². The van der Waals surface area contributed by atoms with Gasteiger partial charge in [-0.2, -0.15) is 0 Å². The normalized spacial score (nSPS) is 10.9. The second-order valence-electron chi connectivity index (χ2n) is 4.49. The van der Waals surface area contributed by atoms with Crippen molar-refractivity contribution >= 4 is 24.0 Å². The third-order valence-corrected chi connectivity index (χ3v) is 3.57. The molecule has 2 nitrogen and oxygen atoms in total. The Morgan fingerprint density at radius 3 is 2.47 bits per heavy atom. The first-order valence-corrected chi connectivity index (χ1v) is 7.00. The van der Waals surface area contributed by atoms with E-state index in [2.05, 4.69) is 49.2 Å². The van der Waals surface area contributed by atoms with Gasteiger partial charge in [-0.25, -0.2) is 4.99 Å². The van der Waals surface area contributed by atoms with Crippen LogP contribution in [0.4, 0.5) is 5.69 Å². The van der Waals surface area contributed by atoms with E-state index in [1.54, 1.807) is 11.9 Å². The van der Waals surface area contributed by atoms with Gasteiger partial charge in [-0.15, -0.1) is 0 Å². The molecule has 0 amide bonds. The van der Waals surface area contributed by atoms with Crippen LogP contribution >= 0.6 is 11.9 Å². The molecule has 0 unspecified atom stereocenters. The molecule has 0 heterocycles. The van der Waals surface area contributed by atoms with Gasteiger partial charge in [-0.1, -0.05) is 35.9 Å². The molecule has 0 bridgehead atoms. The zero-order valence-corrected chi connectivity index (χ0v) is 12.3. The summed E-state index contributed by atoms with van der Waals surface area (Å²) in [4.78, 5) is 5.73. The Balaban J connectivity index is 2.02. The molecule has 2 aromatic carbocycles. The summed E-state index contributed by atoms with van der Waals surface area (Å²) >= 11 is 1.66. The van der Waals surface area contributed by atoms with Crippen molar-refractivity contribution < 1.29 is 0 Å². The smallest absolute Gasteiger partial charge is 0.101 e. The van der Waals surface area contributed by atoms with Crippen LogP contribution in [0.2, 0.25) is 0 Å². The Morgan fingerprint density at radius 1 is 1.05 bits per heavy atom. The van der Waals surface area contributed by atoms with Gasteiger partial charge in [0.2, 0.25) is 0 Å². The maximum absolute atomic E-state index is 4.52. The average molecular weight is 270 g/mol. The minimum atomic E-state index is 1.02. The topological polar surface area (TPSA) is 15.6 Å². The quantitative estimate of drug-likeness (QED) is 0.458. The number of rotatable bonds is 4. The molecular formula is C16H18N2S. The highest BCUT2D eigenvalue weighted by Crippen LogP contribution is 2.22. The van der Waals surface area contributed by atoms with Gasteiger partial charge in [0, 0.05) is 11.9 Å². The van der Waals surface area contributed by atoms with E-state index in [4.69, 9.17) is 0 Å². The summed E-state index contributed by atoms with van der Waals surface area (Å²) in [7, 11) is 2.00. The number of nitrogens with zero attached hydrogens (tertiary/aromatic N) is 2. The minimum absolute atomic E-state index is 1.02. The van der Waals surface area contributed by atoms with Gasteiger partial charge in [0.15, 0.2) is 0 Å². The van der Waals surface area contributed by atoms with Crippen molar-refractivity contribution in [1.29, 1.82) is 0 Å². The summed E-state index contributed by atoms with van der Waals surface area (Å²) in [5, 5.41) is 0. The van der Waals surface area contributed by atoms with Gasteiger partial charge in [0.1, 0.15) is 6.34 Å². The van der Waals surface area contributed by atoms with Crippen LogP contribution in [0.1, 0.15) is 11.1 Å². The standard InChI is InChI=1S/C16H18N2S/c1-13-9-10-16(14(2)11-13)17-12-18(3)19-15-7-5-4-6-8-15/h4-12H,1-3H3. The van der Waals surface area contributed by atoms with E-state index in [0.29, 0.717) is 0 Å². The highest BCUT2D eigenvalue weighted by molar-refractivity contribution is 7.97. The number of hydrogen-bond donors (Lipinski definition) is 0. The largest absolute Gasteiger partial charge is 0.306 e. The van der Waals surface area contributed by atoms with Crippen molar-refractivity contribution in [3.63, 3.8) is 0 Å². The van der Waals surface area contributed by atoms with Crippen LogP contribution in [0, 0.1) is 13.8 Å². The fourth-order valence-electron chi connectivity index (χ4n) is 1.76. The highest BCUT2D eigenvalue weighted by Gasteiger charge is 1.98. The molecule has 0 saturated heterocycles. The van der Waals surface area contributed by atoms with Crippen LogP contribution < -0.4 is 0 Å². The average Bonchev–Trinajstić information content (AvgIpc) is 2.39. The zero-order valence-electron chi connectivity index (χ0n) is 11.5. The van der Waals surface area contributed by atoms with Gasteiger partial charge >= 0.3 is 0 Å². The maximum atomic E-state index is 4.52. The van der Waals surface area contributed by atoms with Crippen molar-refractivity contribution in [2.75, 3.05) is 7.05 Å². The van der Waals surface area contributed by atoms with E-state index in [1.807, 2.05) is 35.9 Å². The molecule has 19 heavy (non-hydrogen) atoms. The van der Waals surface area contributed by atoms with Gasteiger partial charge in [0.05, 0.1) is 5.69 Å². The fraction of sp³-hybridized carbons (Fsp3) is 0.188. The van der Waals surface area contributed by atoms with Crippen LogP contribution in [0.3, 0.4) is 0 Å². The SMILES string of the molecule is Cc1ccc(N=CN(C)Sc2ccccc2)c(C)c1. The lowest BCUT2D eigenvalue weighted by Crippen LogP contribution is -2.04. The summed E-state index contributed by atoms with van der Waals surface area (Å²) < 4.78 is 2.01. The second kappa shape index (κ2) is 6.43. The van der Waals surface area contributed by atoms with E-state index in [0.717, 1.165) is 5.69 Å². The first-order chi connectivity index (χ1) is 9.15. The number of hydrogen-bond acceptors (Lipinski definition) is 2. The molecular weight excluding hydrogens is 252 g/mol. The molecule has 0 aromatic heterocycles. The van der Waals surface area contributed by atoms with Crippen LogP contribution in [0.25, 0.3) is 0 Å². The van der Waals surface area contributed by atoms with Crippen LogP contribution in [-0.4, -0.2) is 17.7 Å². The molecule has 0 radical (unpaired) electrons. The predicted octanol–water partition coefficient (Wildman–Crippen LogP) is 4.60. The third-order valence-electron chi connectivity index (χ3n) is 2.70. The molecule has 98 valence electrons. The molecule has 3 heteroatoms. The highest BCUT2D eigenvalue weighted by atomic mass is 32.2. The lowest BCUT2D eigenvalue weighted by molar-refractivity contribution is 0.869. The summed E-state index contributed by atoms with van der Waals surface area (Å²) in [5.41, 5.74) is 3.49. The lowest BCUT2D eigenvalue weighted by atomic mass is 10.1. The van der Waals surface area contributed by atoms with Gasteiger partial charge < -0.3 is 4.31 Å². The van der Waals surface area contributed by atoms with E-state index < -0.39 is 0 Å². The Labute approximate surface area is 119 Å². The number of aryl methyl sites for hydroxylation is 2. The molecule has 0 aliphatic rings. The molecule has 0 aliphatic heterocycles. The van der Waals surface area contributed by atoms with Gasteiger partial charge in [-0.05, 0) is 49.6 Å². The Morgan fingerprint density at radius 2 is 1.79 bits per heavy atom. The lowest BCUT2D eigenvalue weighted by Gasteiger charge is -2.11. The molecule has 0 aliphatic carbocycles. The first kappa shape index (κ1) is 13.7. The van der Waals surface area contributed by atoms with Crippen molar-refractivity contribution in [3.8, 4) is 0 Å².